The Labute approximate surface area is 104 Å². The lowest BCUT2D eigenvalue weighted by Gasteiger charge is -2.06. The van der Waals surface area contributed by atoms with Crippen molar-refractivity contribution in [3.05, 3.63) is 52.8 Å². The minimum atomic E-state index is 0.584. The Bertz CT molecular complexity index is 597. The van der Waals surface area contributed by atoms with Gasteiger partial charge in [-0.25, -0.2) is 0 Å². The van der Waals surface area contributed by atoms with Crippen molar-refractivity contribution in [3.63, 3.8) is 0 Å². The lowest BCUT2D eigenvalue weighted by Crippen LogP contribution is -2.04. The zero-order chi connectivity index (χ0) is 11.7. The van der Waals surface area contributed by atoms with Gasteiger partial charge in [0.1, 0.15) is 0 Å². The molecule has 0 fully saturated rings. The number of nitrogens with one attached hydrogen (secondary N) is 1. The Hall–Kier alpha value is -1.87. The highest BCUT2D eigenvalue weighted by Crippen LogP contribution is 2.27. The summed E-state index contributed by atoms with van der Waals surface area (Å²) in [4.78, 5) is 12.1. The molecule has 0 spiro atoms. The third-order valence-corrected chi connectivity index (χ3v) is 2.86. The predicted octanol–water partition coefficient (Wildman–Crippen LogP) is 3.22. The Morgan fingerprint density at radius 2 is 2.18 bits per heavy atom. The highest BCUT2D eigenvalue weighted by Gasteiger charge is 2.14. The molecule has 0 amide bonds. The van der Waals surface area contributed by atoms with Crippen molar-refractivity contribution in [2.24, 2.45) is 9.98 Å². The molecule has 0 saturated carbocycles. The number of hydrogen-bond donors (Lipinski definition) is 1. The first-order valence-electron chi connectivity index (χ1n) is 5.35. The Morgan fingerprint density at radius 1 is 1.24 bits per heavy atom. The number of aromatic amines is 1. The van der Waals surface area contributed by atoms with Crippen LogP contribution in [0.5, 0.6) is 0 Å². The van der Waals surface area contributed by atoms with Crippen molar-refractivity contribution in [2.45, 2.75) is 0 Å². The first-order chi connectivity index (χ1) is 8.34. The van der Waals surface area contributed by atoms with Crippen LogP contribution in [0, 0.1) is 0 Å². The van der Waals surface area contributed by atoms with E-state index in [4.69, 9.17) is 11.6 Å². The molecule has 84 valence electrons. The number of aromatic nitrogens is 1. The number of hydrogen-bond acceptors (Lipinski definition) is 2. The van der Waals surface area contributed by atoms with Gasteiger partial charge in [0.25, 0.3) is 0 Å². The fourth-order valence-electron chi connectivity index (χ4n) is 1.87. The number of aliphatic imine (C=N–C) groups is 2. The van der Waals surface area contributed by atoms with Crippen LogP contribution < -0.4 is 0 Å². The summed E-state index contributed by atoms with van der Waals surface area (Å²) in [6, 6.07) is 9.61. The van der Waals surface area contributed by atoms with Crippen LogP contribution in [0.4, 0.5) is 5.69 Å². The summed E-state index contributed by atoms with van der Waals surface area (Å²) >= 11 is 6.04. The van der Waals surface area contributed by atoms with Gasteiger partial charge in [0.2, 0.25) is 0 Å². The minimum Gasteiger partial charge on any atom is -0.360 e. The molecule has 1 N–H and O–H groups in total. The van der Waals surface area contributed by atoms with E-state index in [9.17, 15) is 0 Å². The van der Waals surface area contributed by atoms with Gasteiger partial charge in [-0.05, 0) is 30.3 Å². The van der Waals surface area contributed by atoms with E-state index in [1.54, 1.807) is 0 Å². The summed E-state index contributed by atoms with van der Waals surface area (Å²) in [7, 11) is 0. The quantitative estimate of drug-likeness (QED) is 0.799. The van der Waals surface area contributed by atoms with Crippen LogP contribution in [-0.4, -0.2) is 23.5 Å². The predicted molar refractivity (Wildman–Crippen MR) is 70.9 cm³/mol. The number of rotatable bonds is 1. The molecule has 0 aliphatic carbocycles. The van der Waals surface area contributed by atoms with Crippen LogP contribution in [0.2, 0.25) is 5.02 Å². The summed E-state index contributed by atoms with van der Waals surface area (Å²) < 4.78 is 0. The van der Waals surface area contributed by atoms with Crippen LogP contribution >= 0.6 is 11.6 Å². The molecule has 4 heteroatoms. The molecule has 3 rings (SSSR count). The first kappa shape index (κ1) is 10.3. The molecule has 2 aromatic rings. The molecule has 1 aliphatic heterocycles. The molecule has 17 heavy (non-hydrogen) atoms. The SMILES string of the molecule is Clc1ccc2c(c1)C(c1ccc[nH]1)=NCC=N2. The first-order valence-corrected chi connectivity index (χ1v) is 5.73. The lowest BCUT2D eigenvalue weighted by atomic mass is 10.1. The molecular formula is C13H10ClN3. The normalized spacial score (nSPS) is 14.1. The van der Waals surface area contributed by atoms with E-state index in [2.05, 4.69) is 15.0 Å². The average molecular weight is 244 g/mol. The number of fused-ring (bicyclic) bond motifs is 1. The van der Waals surface area contributed by atoms with E-state index in [-0.39, 0.29) is 0 Å². The molecule has 0 radical (unpaired) electrons. The van der Waals surface area contributed by atoms with Crippen LogP contribution in [0.15, 0.2) is 46.5 Å². The molecule has 3 nitrogen and oxygen atoms in total. The number of H-pyrrole nitrogens is 1. The maximum absolute atomic E-state index is 6.04. The molecule has 2 heterocycles. The lowest BCUT2D eigenvalue weighted by molar-refractivity contribution is 1.29. The van der Waals surface area contributed by atoms with Gasteiger partial charge in [-0.15, -0.1) is 0 Å². The zero-order valence-electron chi connectivity index (χ0n) is 9.02. The van der Waals surface area contributed by atoms with Crippen molar-refractivity contribution in [1.82, 2.24) is 4.98 Å². The van der Waals surface area contributed by atoms with Crippen molar-refractivity contribution >= 4 is 29.2 Å². The third-order valence-electron chi connectivity index (χ3n) is 2.63. The Kier molecular flexibility index (Phi) is 2.53. The van der Waals surface area contributed by atoms with Crippen molar-refractivity contribution in [2.75, 3.05) is 6.54 Å². The second-order valence-electron chi connectivity index (χ2n) is 3.75. The number of benzene rings is 1. The fourth-order valence-corrected chi connectivity index (χ4v) is 2.05. The maximum atomic E-state index is 6.04. The molecular weight excluding hydrogens is 234 g/mol. The van der Waals surface area contributed by atoms with Crippen molar-refractivity contribution < 1.29 is 0 Å². The standard InChI is InChI=1S/C13H10ClN3/c14-9-3-4-11-10(8-9)13(17-7-6-16-11)12-2-1-5-15-12/h1-6,8,15H,7H2. The summed E-state index contributed by atoms with van der Waals surface area (Å²) in [6.07, 6.45) is 3.69. The van der Waals surface area contributed by atoms with Gasteiger partial charge < -0.3 is 4.98 Å². The highest BCUT2D eigenvalue weighted by atomic mass is 35.5. The van der Waals surface area contributed by atoms with E-state index in [1.807, 2.05) is 42.7 Å². The van der Waals surface area contributed by atoms with Gasteiger partial charge >= 0.3 is 0 Å². The molecule has 1 aromatic carbocycles. The number of halogens is 1. The van der Waals surface area contributed by atoms with Crippen LogP contribution in [0.25, 0.3) is 0 Å². The number of nitrogens with zero attached hydrogens (tertiary/aromatic N) is 2. The molecule has 0 unspecified atom stereocenters. The second-order valence-corrected chi connectivity index (χ2v) is 4.18. The molecule has 1 aromatic heterocycles. The minimum absolute atomic E-state index is 0.584. The second kappa shape index (κ2) is 4.18. The van der Waals surface area contributed by atoms with Crippen LogP contribution in [-0.2, 0) is 0 Å². The van der Waals surface area contributed by atoms with Crippen LogP contribution in [0.1, 0.15) is 11.3 Å². The Balaban J connectivity index is 2.20. The zero-order valence-corrected chi connectivity index (χ0v) is 9.78. The van der Waals surface area contributed by atoms with E-state index in [1.165, 1.54) is 0 Å². The molecule has 0 bridgehead atoms. The highest BCUT2D eigenvalue weighted by molar-refractivity contribution is 6.31. The van der Waals surface area contributed by atoms with E-state index < -0.39 is 0 Å². The van der Waals surface area contributed by atoms with E-state index in [0.717, 1.165) is 22.7 Å². The van der Waals surface area contributed by atoms with Gasteiger partial charge in [0.15, 0.2) is 0 Å². The van der Waals surface area contributed by atoms with Gasteiger partial charge in [-0.3, -0.25) is 9.98 Å². The molecule has 1 aliphatic rings. The van der Waals surface area contributed by atoms with E-state index in [0.29, 0.717) is 11.6 Å². The van der Waals surface area contributed by atoms with Crippen LogP contribution in [0.3, 0.4) is 0 Å². The largest absolute Gasteiger partial charge is 0.360 e. The smallest absolute Gasteiger partial charge is 0.0907 e. The topological polar surface area (TPSA) is 40.5 Å². The fraction of sp³-hybridized carbons (Fsp3) is 0.0769. The van der Waals surface area contributed by atoms with Gasteiger partial charge in [0, 0.05) is 23.0 Å². The summed E-state index contributed by atoms with van der Waals surface area (Å²) in [5.41, 5.74) is 3.76. The summed E-state index contributed by atoms with van der Waals surface area (Å²) in [5.74, 6) is 0. The maximum Gasteiger partial charge on any atom is 0.0907 e. The third kappa shape index (κ3) is 1.89. The monoisotopic (exact) mass is 243 g/mol. The van der Waals surface area contributed by atoms with Crippen molar-refractivity contribution in [1.29, 1.82) is 0 Å². The van der Waals surface area contributed by atoms with Crippen molar-refractivity contribution in [3.8, 4) is 0 Å². The van der Waals surface area contributed by atoms with E-state index >= 15 is 0 Å². The van der Waals surface area contributed by atoms with Gasteiger partial charge in [0.05, 0.1) is 23.6 Å². The summed E-state index contributed by atoms with van der Waals surface area (Å²) in [6.45, 7) is 0.584. The van der Waals surface area contributed by atoms with Gasteiger partial charge in [-0.1, -0.05) is 11.6 Å². The van der Waals surface area contributed by atoms with Gasteiger partial charge in [-0.2, -0.15) is 0 Å². The molecule has 0 atom stereocenters. The average Bonchev–Trinajstić information content (AvgIpc) is 2.77. The Morgan fingerprint density at radius 3 is 3.00 bits per heavy atom. The summed E-state index contributed by atoms with van der Waals surface area (Å²) in [5, 5.41) is 0.695. The molecule has 0 saturated heterocycles.